The number of hydroxylamine groups is 1. The van der Waals surface area contributed by atoms with E-state index in [-0.39, 0.29) is 0 Å². The fourth-order valence-corrected chi connectivity index (χ4v) is 2.78. The molecule has 2 rings (SSSR count). The van der Waals surface area contributed by atoms with Gasteiger partial charge in [-0.2, -0.15) is 0 Å². The van der Waals surface area contributed by atoms with Crippen LogP contribution in [0.1, 0.15) is 51.5 Å². The Labute approximate surface area is 131 Å². The second-order valence-corrected chi connectivity index (χ2v) is 5.49. The highest BCUT2D eigenvalue weighted by Crippen LogP contribution is 2.35. The first-order valence-electron chi connectivity index (χ1n) is 7.68. The van der Waals surface area contributed by atoms with Gasteiger partial charge in [-0.05, 0) is 50.3 Å². The van der Waals surface area contributed by atoms with Crippen molar-refractivity contribution in [3.05, 3.63) is 35.4 Å². The number of rotatable bonds is 5. The molecule has 0 amide bonds. The van der Waals surface area contributed by atoms with Gasteiger partial charge in [0.2, 0.25) is 0 Å². The summed E-state index contributed by atoms with van der Waals surface area (Å²) in [4.78, 5) is 4.28. The topological polar surface area (TPSA) is 77.2 Å². The first-order valence-corrected chi connectivity index (χ1v) is 7.68. The van der Waals surface area contributed by atoms with Crippen molar-refractivity contribution in [3.63, 3.8) is 0 Å². The van der Waals surface area contributed by atoms with E-state index in [2.05, 4.69) is 17.1 Å². The molecule has 0 heterocycles. The number of unbranched alkanes of at least 4 members (excludes halogenated alkanes) is 1. The number of hydrogen-bond acceptors (Lipinski definition) is 4. The van der Waals surface area contributed by atoms with E-state index < -0.39 is 0 Å². The van der Waals surface area contributed by atoms with E-state index in [1.54, 1.807) is 6.92 Å². The van der Waals surface area contributed by atoms with Crippen molar-refractivity contribution in [2.75, 3.05) is 0 Å². The maximum atomic E-state index is 9.28. The van der Waals surface area contributed by atoms with Crippen LogP contribution in [0.2, 0.25) is 0 Å². The summed E-state index contributed by atoms with van der Waals surface area (Å²) in [5.41, 5.74) is 6.97. The summed E-state index contributed by atoms with van der Waals surface area (Å²) in [5.74, 6) is 0.430. The molecule has 0 bridgehead atoms. The van der Waals surface area contributed by atoms with Gasteiger partial charge >= 0.3 is 0 Å². The third-order valence-corrected chi connectivity index (χ3v) is 3.85. The molecular formula is C17H23N3O2. The van der Waals surface area contributed by atoms with Crippen LogP contribution in [0.5, 0.6) is 0 Å². The van der Waals surface area contributed by atoms with Gasteiger partial charge in [-0.3, -0.25) is 10.7 Å². The Hall–Kier alpha value is -2.14. The second-order valence-electron chi connectivity index (χ2n) is 5.49. The van der Waals surface area contributed by atoms with Gasteiger partial charge < -0.3 is 5.21 Å². The number of hydrogen-bond donors (Lipinski definition) is 3. The van der Waals surface area contributed by atoms with E-state index in [1.165, 1.54) is 5.57 Å². The van der Waals surface area contributed by atoms with Crippen molar-refractivity contribution in [2.45, 2.75) is 46.0 Å². The minimum Gasteiger partial charge on any atom is -0.411 e. The van der Waals surface area contributed by atoms with Crippen molar-refractivity contribution < 1.29 is 10.4 Å². The summed E-state index contributed by atoms with van der Waals surface area (Å²) in [7, 11) is 0. The molecule has 1 aliphatic carbocycles. The molecule has 0 atom stereocenters. The summed E-state index contributed by atoms with van der Waals surface area (Å²) < 4.78 is 0. The van der Waals surface area contributed by atoms with Crippen molar-refractivity contribution in [2.24, 2.45) is 10.1 Å². The quantitative estimate of drug-likeness (QED) is 0.329. The largest absolute Gasteiger partial charge is 0.411 e. The van der Waals surface area contributed by atoms with Crippen LogP contribution in [0.25, 0.3) is 5.57 Å². The third-order valence-electron chi connectivity index (χ3n) is 3.85. The molecule has 118 valence electrons. The lowest BCUT2D eigenvalue weighted by Gasteiger charge is -2.09. The van der Waals surface area contributed by atoms with Gasteiger partial charge in [-0.25, -0.2) is 4.99 Å². The molecule has 0 aromatic heterocycles. The van der Waals surface area contributed by atoms with Crippen LogP contribution in [0.3, 0.4) is 0 Å². The van der Waals surface area contributed by atoms with Gasteiger partial charge in [-0.15, -0.1) is 0 Å². The van der Waals surface area contributed by atoms with Crippen LogP contribution in [0, 0.1) is 0 Å². The van der Waals surface area contributed by atoms with E-state index in [4.69, 9.17) is 5.21 Å². The Bertz CT molecular complexity index is 618. The molecular weight excluding hydrogens is 278 g/mol. The van der Waals surface area contributed by atoms with Crippen LogP contribution in [0.15, 0.2) is 40.0 Å². The fourth-order valence-electron chi connectivity index (χ4n) is 2.78. The summed E-state index contributed by atoms with van der Waals surface area (Å²) in [5, 5.41) is 21.6. The minimum absolute atomic E-state index is 0.430. The lowest BCUT2D eigenvalue weighted by molar-refractivity contribution is 0.234. The average Bonchev–Trinajstić information content (AvgIpc) is 2.95. The summed E-state index contributed by atoms with van der Waals surface area (Å²) >= 11 is 0. The normalized spacial score (nSPS) is 17.4. The molecule has 1 aliphatic rings. The summed E-state index contributed by atoms with van der Waals surface area (Å²) in [6, 6.07) is 7.77. The number of oxime groups is 1. The van der Waals surface area contributed by atoms with E-state index >= 15 is 0 Å². The lowest BCUT2D eigenvalue weighted by atomic mass is 9.97. The predicted molar refractivity (Wildman–Crippen MR) is 89.0 cm³/mol. The van der Waals surface area contributed by atoms with Crippen molar-refractivity contribution in [1.29, 1.82) is 0 Å². The summed E-state index contributed by atoms with van der Waals surface area (Å²) in [6.07, 6.45) is 5.07. The molecule has 0 spiro atoms. The lowest BCUT2D eigenvalue weighted by Crippen LogP contribution is -2.13. The number of benzene rings is 1. The Morgan fingerprint density at radius 1 is 1.32 bits per heavy atom. The number of nitrogens with zero attached hydrogens (tertiary/aromatic N) is 2. The first kappa shape index (κ1) is 16.2. The van der Waals surface area contributed by atoms with Gasteiger partial charge in [0.05, 0.1) is 11.4 Å². The van der Waals surface area contributed by atoms with Crippen LogP contribution < -0.4 is 5.48 Å². The maximum absolute atomic E-state index is 9.28. The first-order chi connectivity index (χ1) is 10.7. The molecule has 0 radical (unpaired) electrons. The number of nitrogens with one attached hydrogen (secondary N) is 1. The van der Waals surface area contributed by atoms with Gasteiger partial charge in [0.1, 0.15) is 5.84 Å². The Kier molecular flexibility index (Phi) is 5.72. The van der Waals surface area contributed by atoms with Crippen LogP contribution in [0.4, 0.5) is 5.69 Å². The summed E-state index contributed by atoms with van der Waals surface area (Å²) in [6.45, 7) is 3.87. The molecule has 1 aromatic rings. The SMILES string of the molecule is CCCCC1=C(c2cccc(N=C(C)NO)c2)/C(=N/O)CC1. The minimum atomic E-state index is 0.430. The van der Waals surface area contributed by atoms with Gasteiger partial charge in [0.15, 0.2) is 0 Å². The molecule has 1 aromatic carbocycles. The van der Waals surface area contributed by atoms with Crippen molar-refractivity contribution in [3.8, 4) is 0 Å². The number of aliphatic imine (C=N–C) groups is 1. The Morgan fingerprint density at radius 3 is 2.82 bits per heavy atom. The molecule has 5 heteroatoms. The second kappa shape index (κ2) is 7.75. The van der Waals surface area contributed by atoms with Crippen LogP contribution in [-0.2, 0) is 0 Å². The molecule has 0 fully saturated rings. The molecule has 0 saturated heterocycles. The standard InChI is InChI=1S/C17H23N3O2/c1-3-4-6-13-9-10-16(20-22)17(13)14-7-5-8-15(11-14)18-12(2)19-21/h5,7-8,11,21-22H,3-4,6,9-10H2,1-2H3,(H,18,19)/b20-16+. The zero-order valence-corrected chi connectivity index (χ0v) is 13.1. The van der Waals surface area contributed by atoms with Gasteiger partial charge in [-0.1, -0.05) is 36.2 Å². The highest BCUT2D eigenvalue weighted by atomic mass is 16.5. The predicted octanol–water partition coefficient (Wildman–Crippen LogP) is 4.28. The highest BCUT2D eigenvalue weighted by Gasteiger charge is 2.22. The van der Waals surface area contributed by atoms with Crippen molar-refractivity contribution >= 4 is 22.8 Å². The highest BCUT2D eigenvalue weighted by molar-refractivity contribution is 6.26. The van der Waals surface area contributed by atoms with E-state index in [1.807, 2.05) is 29.7 Å². The Morgan fingerprint density at radius 2 is 2.14 bits per heavy atom. The number of allylic oxidation sites excluding steroid dienone is 2. The van der Waals surface area contributed by atoms with Crippen LogP contribution in [-0.4, -0.2) is 22.0 Å². The third kappa shape index (κ3) is 3.74. The van der Waals surface area contributed by atoms with Gasteiger partial charge in [0, 0.05) is 5.57 Å². The number of amidine groups is 1. The molecule has 0 aliphatic heterocycles. The molecule has 5 nitrogen and oxygen atoms in total. The molecule has 22 heavy (non-hydrogen) atoms. The van der Waals surface area contributed by atoms with Gasteiger partial charge in [0.25, 0.3) is 0 Å². The average molecular weight is 301 g/mol. The molecule has 3 N–H and O–H groups in total. The Balaban J connectivity index is 2.40. The zero-order valence-electron chi connectivity index (χ0n) is 13.1. The van der Waals surface area contributed by atoms with E-state index in [9.17, 15) is 5.21 Å². The zero-order chi connectivity index (χ0) is 15.9. The maximum Gasteiger partial charge on any atom is 0.123 e. The fraction of sp³-hybridized carbons (Fsp3) is 0.412. The monoisotopic (exact) mass is 301 g/mol. The molecule has 0 saturated carbocycles. The van der Waals surface area contributed by atoms with E-state index in [0.29, 0.717) is 5.84 Å². The molecule has 0 unspecified atom stereocenters. The van der Waals surface area contributed by atoms with Crippen molar-refractivity contribution in [1.82, 2.24) is 5.48 Å². The van der Waals surface area contributed by atoms with E-state index in [0.717, 1.165) is 54.6 Å². The van der Waals surface area contributed by atoms with Crippen LogP contribution >= 0.6 is 0 Å². The smallest absolute Gasteiger partial charge is 0.123 e.